The van der Waals surface area contributed by atoms with Gasteiger partial charge in [-0.1, -0.05) is 29.8 Å². The van der Waals surface area contributed by atoms with Crippen molar-refractivity contribution in [1.82, 2.24) is 9.30 Å². The van der Waals surface area contributed by atoms with E-state index in [4.69, 9.17) is 16.3 Å². The minimum absolute atomic E-state index is 0.0357. The van der Waals surface area contributed by atoms with Crippen LogP contribution in [0.3, 0.4) is 0 Å². The average Bonchev–Trinajstić information content (AvgIpc) is 2.99. The summed E-state index contributed by atoms with van der Waals surface area (Å²) in [5.41, 5.74) is 3.92. The topological polar surface area (TPSA) is 40.7 Å². The van der Waals surface area contributed by atoms with E-state index in [1.54, 1.807) is 0 Å². The van der Waals surface area contributed by atoms with E-state index in [1.807, 2.05) is 53.1 Å². The van der Waals surface area contributed by atoms with Crippen molar-refractivity contribution in [3.05, 3.63) is 76.6 Å². The second-order valence-corrected chi connectivity index (χ2v) is 6.72. The summed E-state index contributed by atoms with van der Waals surface area (Å²) in [5, 5.41) is 10.3. The molecule has 0 N–H and O–H groups in total. The molecule has 1 atom stereocenters. The van der Waals surface area contributed by atoms with Gasteiger partial charge in [-0.15, -0.1) is 0 Å². The van der Waals surface area contributed by atoms with Crippen LogP contribution in [-0.4, -0.2) is 29.0 Å². The molecule has 0 bridgehead atoms. The van der Waals surface area contributed by atoms with Crippen LogP contribution in [0.15, 0.2) is 54.9 Å². The van der Waals surface area contributed by atoms with Gasteiger partial charge in [0.2, 0.25) is 0 Å². The smallest absolute Gasteiger partial charge is 0.102 e. The number of benzene rings is 1. The number of nitriles is 1. The first kappa shape index (κ1) is 16.2. The van der Waals surface area contributed by atoms with Gasteiger partial charge in [-0.2, -0.15) is 5.26 Å². The molecular formula is C20H18ClN3O. The van der Waals surface area contributed by atoms with Gasteiger partial charge in [-0.25, -0.2) is 0 Å². The molecule has 4 nitrogen and oxygen atoms in total. The van der Waals surface area contributed by atoms with Crippen molar-refractivity contribution in [1.29, 1.82) is 5.26 Å². The summed E-state index contributed by atoms with van der Waals surface area (Å²) in [7, 11) is 0. The molecule has 25 heavy (non-hydrogen) atoms. The molecule has 126 valence electrons. The molecule has 1 aliphatic rings. The van der Waals surface area contributed by atoms with Gasteiger partial charge in [0.25, 0.3) is 0 Å². The normalized spacial score (nSPS) is 18.3. The molecule has 3 aromatic rings. The van der Waals surface area contributed by atoms with E-state index < -0.39 is 0 Å². The summed E-state index contributed by atoms with van der Waals surface area (Å²) in [6, 6.07) is 16.1. The van der Waals surface area contributed by atoms with Crippen LogP contribution in [0.25, 0.3) is 5.52 Å². The number of hydrogen-bond donors (Lipinski definition) is 0. The van der Waals surface area contributed by atoms with E-state index in [0.717, 1.165) is 46.9 Å². The van der Waals surface area contributed by atoms with Crippen LogP contribution in [0.4, 0.5) is 0 Å². The summed E-state index contributed by atoms with van der Waals surface area (Å²) in [6.45, 7) is 3.10. The first-order valence-electron chi connectivity index (χ1n) is 8.32. The minimum atomic E-state index is 0.0357. The minimum Gasteiger partial charge on any atom is -0.371 e. The van der Waals surface area contributed by atoms with E-state index in [9.17, 15) is 5.26 Å². The quantitative estimate of drug-likeness (QED) is 0.715. The van der Waals surface area contributed by atoms with Crippen molar-refractivity contribution in [3.8, 4) is 6.07 Å². The van der Waals surface area contributed by atoms with Gasteiger partial charge in [0.15, 0.2) is 0 Å². The highest BCUT2D eigenvalue weighted by Gasteiger charge is 2.23. The van der Waals surface area contributed by atoms with Crippen molar-refractivity contribution < 1.29 is 4.74 Å². The Balaban J connectivity index is 1.55. The zero-order chi connectivity index (χ0) is 17.2. The lowest BCUT2D eigenvalue weighted by Gasteiger charge is -2.33. The van der Waals surface area contributed by atoms with Gasteiger partial charge in [0.1, 0.15) is 6.07 Å². The van der Waals surface area contributed by atoms with Crippen LogP contribution in [0.2, 0.25) is 5.02 Å². The Hall–Kier alpha value is -2.32. The fourth-order valence-electron chi connectivity index (χ4n) is 3.39. The van der Waals surface area contributed by atoms with Gasteiger partial charge in [0, 0.05) is 42.6 Å². The van der Waals surface area contributed by atoms with E-state index >= 15 is 0 Å². The molecule has 0 amide bonds. The molecule has 2 aromatic heterocycles. The van der Waals surface area contributed by atoms with Crippen LogP contribution >= 0.6 is 11.6 Å². The first-order valence-corrected chi connectivity index (χ1v) is 8.70. The van der Waals surface area contributed by atoms with Gasteiger partial charge < -0.3 is 9.14 Å². The van der Waals surface area contributed by atoms with E-state index in [0.29, 0.717) is 6.61 Å². The van der Waals surface area contributed by atoms with Crippen LogP contribution in [-0.2, 0) is 11.3 Å². The highest BCUT2D eigenvalue weighted by molar-refractivity contribution is 6.30. The summed E-state index contributed by atoms with van der Waals surface area (Å²) in [5.74, 6) is 0. The molecule has 0 spiro atoms. The van der Waals surface area contributed by atoms with Crippen LogP contribution in [0.1, 0.15) is 22.8 Å². The highest BCUT2D eigenvalue weighted by Crippen LogP contribution is 2.26. The largest absolute Gasteiger partial charge is 0.371 e. The molecule has 1 saturated heterocycles. The third kappa shape index (κ3) is 3.27. The van der Waals surface area contributed by atoms with Crippen molar-refractivity contribution in [2.24, 2.45) is 0 Å². The van der Waals surface area contributed by atoms with E-state index in [1.165, 1.54) is 0 Å². The average molecular weight is 352 g/mol. The molecule has 0 aliphatic carbocycles. The molecule has 0 saturated carbocycles. The fourth-order valence-corrected chi connectivity index (χ4v) is 3.52. The second-order valence-electron chi connectivity index (χ2n) is 6.28. The third-order valence-corrected chi connectivity index (χ3v) is 4.91. The van der Waals surface area contributed by atoms with E-state index in [-0.39, 0.29) is 6.10 Å². The highest BCUT2D eigenvalue weighted by atomic mass is 35.5. The Morgan fingerprint density at radius 3 is 2.84 bits per heavy atom. The predicted octanol–water partition coefficient (Wildman–Crippen LogP) is 4.04. The molecule has 1 aromatic carbocycles. The molecular weight excluding hydrogens is 334 g/mol. The Bertz CT molecular complexity index is 926. The number of morpholine rings is 1. The maximum absolute atomic E-state index is 9.57. The molecule has 5 heteroatoms. The SMILES string of the molecule is N#Cc1c(CN2CCO[C@@H](c3ccc(Cl)cc3)C2)cn2ccccc12. The van der Waals surface area contributed by atoms with Gasteiger partial charge in [0.05, 0.1) is 23.8 Å². The zero-order valence-corrected chi connectivity index (χ0v) is 14.5. The number of aromatic nitrogens is 1. The maximum atomic E-state index is 9.57. The molecule has 1 fully saturated rings. The Morgan fingerprint density at radius 1 is 1.20 bits per heavy atom. The Kier molecular flexibility index (Phi) is 4.46. The zero-order valence-electron chi connectivity index (χ0n) is 13.7. The number of fused-ring (bicyclic) bond motifs is 1. The van der Waals surface area contributed by atoms with Gasteiger partial charge in [-0.3, -0.25) is 4.90 Å². The lowest BCUT2D eigenvalue weighted by Crippen LogP contribution is -2.37. The van der Waals surface area contributed by atoms with Gasteiger partial charge >= 0.3 is 0 Å². The number of halogens is 1. The van der Waals surface area contributed by atoms with Crippen LogP contribution < -0.4 is 0 Å². The molecule has 4 rings (SSSR count). The number of ether oxygens (including phenoxy) is 1. The number of hydrogen-bond acceptors (Lipinski definition) is 3. The predicted molar refractivity (Wildman–Crippen MR) is 97.5 cm³/mol. The Morgan fingerprint density at radius 2 is 2.04 bits per heavy atom. The van der Waals surface area contributed by atoms with E-state index in [2.05, 4.69) is 17.2 Å². The van der Waals surface area contributed by atoms with Crippen molar-refractivity contribution in [2.75, 3.05) is 19.7 Å². The molecule has 1 aliphatic heterocycles. The molecule has 0 unspecified atom stereocenters. The Labute approximate surface area is 151 Å². The third-order valence-electron chi connectivity index (χ3n) is 4.66. The van der Waals surface area contributed by atoms with Gasteiger partial charge in [-0.05, 0) is 29.8 Å². The number of rotatable bonds is 3. The summed E-state index contributed by atoms with van der Waals surface area (Å²) >= 11 is 5.97. The fraction of sp³-hybridized carbons (Fsp3) is 0.250. The van der Waals surface area contributed by atoms with Crippen molar-refractivity contribution >= 4 is 17.1 Å². The lowest BCUT2D eigenvalue weighted by atomic mass is 10.1. The lowest BCUT2D eigenvalue weighted by molar-refractivity contribution is -0.0329. The second kappa shape index (κ2) is 6.89. The molecule has 3 heterocycles. The summed E-state index contributed by atoms with van der Waals surface area (Å²) in [4.78, 5) is 2.35. The summed E-state index contributed by atoms with van der Waals surface area (Å²) in [6.07, 6.45) is 4.07. The van der Waals surface area contributed by atoms with Crippen LogP contribution in [0.5, 0.6) is 0 Å². The number of nitrogens with zero attached hydrogens (tertiary/aromatic N) is 3. The maximum Gasteiger partial charge on any atom is 0.102 e. The van der Waals surface area contributed by atoms with Crippen molar-refractivity contribution in [3.63, 3.8) is 0 Å². The van der Waals surface area contributed by atoms with Crippen LogP contribution in [0, 0.1) is 11.3 Å². The first-order chi connectivity index (χ1) is 12.2. The monoisotopic (exact) mass is 351 g/mol. The number of pyridine rings is 1. The summed E-state index contributed by atoms with van der Waals surface area (Å²) < 4.78 is 7.95. The molecule has 0 radical (unpaired) electrons. The van der Waals surface area contributed by atoms with Crippen molar-refractivity contribution in [2.45, 2.75) is 12.6 Å². The standard InChI is InChI=1S/C20H18ClN3O/c21-17-6-4-15(5-7-17)20-14-23(9-10-25-20)12-16-13-24-8-2-1-3-19(24)18(16)11-22/h1-8,13,20H,9-10,12,14H2/t20-/m1/s1.